The highest BCUT2D eigenvalue weighted by Crippen LogP contribution is 2.36. The first-order valence-electron chi connectivity index (χ1n) is 7.99. The van der Waals surface area contributed by atoms with Gasteiger partial charge in [0.1, 0.15) is 11.6 Å². The van der Waals surface area contributed by atoms with Crippen molar-refractivity contribution in [3.63, 3.8) is 0 Å². The Morgan fingerprint density at radius 1 is 1.26 bits per heavy atom. The Morgan fingerprint density at radius 2 is 1.89 bits per heavy atom. The minimum absolute atomic E-state index is 0.0113. The van der Waals surface area contributed by atoms with Crippen molar-refractivity contribution in [3.05, 3.63) is 40.7 Å². The number of hydrogen-bond acceptors (Lipinski definition) is 5. The summed E-state index contributed by atoms with van der Waals surface area (Å²) >= 11 is 0. The molecule has 0 amide bonds. The number of carboxylic acids is 1. The second kappa shape index (κ2) is 7.14. The van der Waals surface area contributed by atoms with Gasteiger partial charge in [-0.3, -0.25) is 0 Å². The lowest BCUT2D eigenvalue weighted by molar-refractivity contribution is -0.317. The molecule has 0 spiro atoms. The third-order valence-corrected chi connectivity index (χ3v) is 5.18. The van der Waals surface area contributed by atoms with Gasteiger partial charge in [-0.25, -0.2) is 4.39 Å². The van der Waals surface area contributed by atoms with Gasteiger partial charge in [0.05, 0.1) is 0 Å². The first kappa shape index (κ1) is 21.2. The number of fused-ring (bicyclic) bond motifs is 1. The van der Waals surface area contributed by atoms with Gasteiger partial charge < -0.3 is 14.1 Å². The third kappa shape index (κ3) is 4.42. The summed E-state index contributed by atoms with van der Waals surface area (Å²) in [6, 6.07) is 2.45. The topological polar surface area (TPSA) is 83.5 Å². The van der Waals surface area contributed by atoms with Crippen molar-refractivity contribution >= 4 is 21.8 Å². The summed E-state index contributed by atoms with van der Waals surface area (Å²) < 4.78 is 79.5. The molecule has 0 unspecified atom stereocenters. The van der Waals surface area contributed by atoms with Gasteiger partial charge in [-0.1, -0.05) is 26.0 Å². The molecule has 0 heterocycles. The molecule has 1 aliphatic rings. The van der Waals surface area contributed by atoms with Crippen LogP contribution in [0.25, 0.3) is 5.76 Å². The van der Waals surface area contributed by atoms with Gasteiger partial charge in [0.25, 0.3) is 0 Å². The van der Waals surface area contributed by atoms with Gasteiger partial charge in [-0.2, -0.15) is 21.6 Å². The van der Waals surface area contributed by atoms with Crippen LogP contribution in [0.1, 0.15) is 43.4 Å². The molecular weight excluding hydrogens is 392 g/mol. The zero-order chi connectivity index (χ0) is 20.6. The molecule has 0 aliphatic heterocycles. The molecule has 10 heteroatoms. The Labute approximate surface area is 153 Å². The van der Waals surface area contributed by atoms with Crippen molar-refractivity contribution in [2.45, 2.75) is 45.0 Å². The summed E-state index contributed by atoms with van der Waals surface area (Å²) in [6.45, 7) is 2.72. The third-order valence-electron chi connectivity index (χ3n) is 4.22. The lowest BCUT2D eigenvalue weighted by Gasteiger charge is -2.26. The summed E-state index contributed by atoms with van der Waals surface area (Å²) in [7, 11) is -5.90. The second-order valence-electron chi connectivity index (χ2n) is 6.86. The minimum atomic E-state index is -5.90. The zero-order valence-electron chi connectivity index (χ0n) is 14.5. The van der Waals surface area contributed by atoms with Crippen LogP contribution >= 0.6 is 0 Å². The molecule has 27 heavy (non-hydrogen) atoms. The summed E-state index contributed by atoms with van der Waals surface area (Å²) in [5.74, 6) is -2.76. The van der Waals surface area contributed by atoms with Crippen molar-refractivity contribution in [2.75, 3.05) is 0 Å². The number of carbonyl (C=O) groups is 1. The van der Waals surface area contributed by atoms with Gasteiger partial charge in [0.15, 0.2) is 0 Å². The number of rotatable bonds is 5. The van der Waals surface area contributed by atoms with E-state index in [-0.39, 0.29) is 36.0 Å². The maximum absolute atomic E-state index is 14.9. The molecule has 0 saturated heterocycles. The van der Waals surface area contributed by atoms with Gasteiger partial charge in [-0.05, 0) is 42.9 Å². The van der Waals surface area contributed by atoms with Gasteiger partial charge >= 0.3 is 15.6 Å². The predicted octanol–water partition coefficient (Wildman–Crippen LogP) is 2.69. The minimum Gasteiger partial charge on any atom is -0.550 e. The number of carbonyl (C=O) groups excluding carboxylic acids is 1. The lowest BCUT2D eigenvalue weighted by atomic mass is 9.84. The van der Waals surface area contributed by atoms with Crippen molar-refractivity contribution in [1.29, 1.82) is 0 Å². The van der Waals surface area contributed by atoms with E-state index in [0.717, 1.165) is 0 Å². The number of alkyl halides is 3. The molecule has 0 fully saturated rings. The van der Waals surface area contributed by atoms with E-state index in [1.165, 1.54) is 32.1 Å². The van der Waals surface area contributed by atoms with E-state index in [4.69, 9.17) is 0 Å². The Morgan fingerprint density at radius 3 is 2.44 bits per heavy atom. The van der Waals surface area contributed by atoms with Gasteiger partial charge in [-0.15, -0.1) is 0 Å². The van der Waals surface area contributed by atoms with Crippen LogP contribution in [-0.4, -0.2) is 19.9 Å². The smallest absolute Gasteiger partial charge is 0.534 e. The molecule has 5 nitrogen and oxygen atoms in total. The Hall–Kier alpha value is -2.10. The molecule has 0 N–H and O–H groups in total. The molecule has 1 aromatic rings. The van der Waals surface area contributed by atoms with Crippen molar-refractivity contribution in [3.8, 4) is 0 Å². The first-order chi connectivity index (χ1) is 12.3. The van der Waals surface area contributed by atoms with Crippen LogP contribution in [0.5, 0.6) is 0 Å². The molecule has 0 radical (unpaired) electrons. The fraction of sp³-hybridized carbons (Fsp3) is 0.471. The largest absolute Gasteiger partial charge is 0.550 e. The summed E-state index contributed by atoms with van der Waals surface area (Å²) in [5, 5.41) is 11.1. The van der Waals surface area contributed by atoms with Crippen LogP contribution in [0.2, 0.25) is 0 Å². The highest BCUT2D eigenvalue weighted by molar-refractivity contribution is 7.87. The molecule has 0 atom stereocenters. The molecule has 1 aromatic carbocycles. The van der Waals surface area contributed by atoms with E-state index in [9.17, 15) is 35.9 Å². The van der Waals surface area contributed by atoms with Crippen LogP contribution in [0, 0.1) is 11.2 Å². The van der Waals surface area contributed by atoms with Crippen molar-refractivity contribution in [2.24, 2.45) is 5.41 Å². The number of carboxylic acid groups (broad SMARTS) is 1. The summed E-state index contributed by atoms with van der Waals surface area (Å²) in [5.41, 5.74) is -7.05. The summed E-state index contributed by atoms with van der Waals surface area (Å²) in [6.07, 6.45) is 1.65. The van der Waals surface area contributed by atoms with Gasteiger partial charge in [0, 0.05) is 16.9 Å². The molecular formula is C17H17F4O5S-. The van der Waals surface area contributed by atoms with Crippen LogP contribution in [0.3, 0.4) is 0 Å². The van der Waals surface area contributed by atoms with Crippen LogP contribution in [0.4, 0.5) is 17.6 Å². The SMILES string of the molecule is CC(C)(Cc1ccc2c(c1F)CCCC=C2OS(=O)(=O)C(F)(F)F)C(=O)[O-]. The maximum atomic E-state index is 14.9. The van der Waals surface area contributed by atoms with E-state index in [1.54, 1.807) is 0 Å². The fourth-order valence-electron chi connectivity index (χ4n) is 2.70. The second-order valence-corrected chi connectivity index (χ2v) is 8.39. The number of hydrogen-bond donors (Lipinski definition) is 0. The normalized spacial score (nSPS) is 15.6. The van der Waals surface area contributed by atoms with E-state index >= 15 is 0 Å². The van der Waals surface area contributed by atoms with Crippen LogP contribution in [0.15, 0.2) is 18.2 Å². The average Bonchev–Trinajstić information content (AvgIpc) is 2.71. The number of benzene rings is 1. The van der Waals surface area contributed by atoms with E-state index in [0.29, 0.717) is 6.42 Å². The average molecular weight is 409 g/mol. The summed E-state index contributed by atoms with van der Waals surface area (Å²) in [4.78, 5) is 11.1. The Balaban J connectivity index is 2.47. The molecule has 0 aromatic heterocycles. The molecule has 0 bridgehead atoms. The van der Waals surface area contributed by atoms with Crippen molar-refractivity contribution in [1.82, 2.24) is 0 Å². The van der Waals surface area contributed by atoms with Crippen LogP contribution in [-0.2, 0) is 31.9 Å². The van der Waals surface area contributed by atoms with E-state index in [2.05, 4.69) is 4.18 Å². The fourth-order valence-corrected chi connectivity index (χ4v) is 3.18. The Kier molecular flexibility index (Phi) is 5.61. The molecule has 0 saturated carbocycles. The van der Waals surface area contributed by atoms with Crippen molar-refractivity contribution < 1.29 is 40.1 Å². The highest BCUT2D eigenvalue weighted by atomic mass is 32.2. The highest BCUT2D eigenvalue weighted by Gasteiger charge is 2.49. The number of aliphatic carboxylic acids is 1. The molecule has 2 rings (SSSR count). The predicted molar refractivity (Wildman–Crippen MR) is 85.9 cm³/mol. The quantitative estimate of drug-likeness (QED) is 0.424. The number of allylic oxidation sites excluding steroid dienone is 1. The first-order valence-corrected chi connectivity index (χ1v) is 9.40. The lowest BCUT2D eigenvalue weighted by Crippen LogP contribution is -2.39. The maximum Gasteiger partial charge on any atom is 0.534 e. The number of halogens is 4. The standard InChI is InChI=1S/C17H18F4O5S/c1-16(2,15(22)23)9-10-7-8-11-12(14(10)18)5-3-4-6-13(11)26-27(24,25)17(19,20)21/h6-8H,3-5,9H2,1-2H3,(H,22,23)/p-1. The van der Waals surface area contributed by atoms with Crippen LogP contribution < -0.4 is 5.11 Å². The monoisotopic (exact) mass is 409 g/mol. The van der Waals surface area contributed by atoms with Gasteiger partial charge in [0.2, 0.25) is 0 Å². The van der Waals surface area contributed by atoms with E-state index < -0.39 is 38.6 Å². The molecule has 150 valence electrons. The molecule has 1 aliphatic carbocycles. The Bertz CT molecular complexity index is 885. The van der Waals surface area contributed by atoms with E-state index in [1.807, 2.05) is 0 Å². The zero-order valence-corrected chi connectivity index (χ0v) is 15.3.